The third kappa shape index (κ3) is 5.53. The lowest BCUT2D eigenvalue weighted by Gasteiger charge is -2.26. The fourth-order valence-electron chi connectivity index (χ4n) is 3.25. The fraction of sp³-hybridized carbons (Fsp3) is 0.867. The summed E-state index contributed by atoms with van der Waals surface area (Å²) >= 11 is 0. The van der Waals surface area contributed by atoms with Crippen LogP contribution < -0.4 is 10.6 Å². The van der Waals surface area contributed by atoms with E-state index in [0.717, 1.165) is 45.3 Å². The van der Waals surface area contributed by atoms with Crippen molar-refractivity contribution in [2.45, 2.75) is 38.5 Å². The van der Waals surface area contributed by atoms with E-state index in [4.69, 9.17) is 5.11 Å². The Kier molecular flexibility index (Phi) is 6.29. The highest BCUT2D eigenvalue weighted by atomic mass is 16.4. The molecule has 0 aromatic rings. The maximum Gasteiger partial charge on any atom is 0.314 e. The molecule has 6 nitrogen and oxygen atoms in total. The zero-order chi connectivity index (χ0) is 15.1. The summed E-state index contributed by atoms with van der Waals surface area (Å²) in [6.45, 7) is 4.57. The number of carboxylic acid groups (broad SMARTS) is 1. The van der Waals surface area contributed by atoms with E-state index < -0.39 is 5.97 Å². The lowest BCUT2D eigenvalue weighted by molar-refractivity contribution is -0.143. The van der Waals surface area contributed by atoms with Crippen LogP contribution >= 0.6 is 0 Å². The number of likely N-dealkylation sites (tertiary alicyclic amines) is 1. The number of urea groups is 1. The molecule has 1 saturated heterocycles. The van der Waals surface area contributed by atoms with Crippen LogP contribution in [0.1, 0.15) is 38.5 Å². The SMILES string of the molecule is O=C(NCCN1CCCC1)NCC1CCC(C(=O)O)CC1. The van der Waals surface area contributed by atoms with Gasteiger partial charge in [-0.25, -0.2) is 4.79 Å². The van der Waals surface area contributed by atoms with Gasteiger partial charge in [-0.3, -0.25) is 4.79 Å². The minimum absolute atomic E-state index is 0.102. The summed E-state index contributed by atoms with van der Waals surface area (Å²) < 4.78 is 0. The van der Waals surface area contributed by atoms with Crippen LogP contribution in [0.4, 0.5) is 4.79 Å². The number of hydrogen-bond acceptors (Lipinski definition) is 3. The van der Waals surface area contributed by atoms with Crippen molar-refractivity contribution in [2.24, 2.45) is 11.8 Å². The van der Waals surface area contributed by atoms with Crippen molar-refractivity contribution in [3.63, 3.8) is 0 Å². The highest BCUT2D eigenvalue weighted by Crippen LogP contribution is 2.28. The standard InChI is InChI=1S/C15H27N3O3/c19-14(20)13-5-3-12(4-6-13)11-17-15(21)16-7-10-18-8-1-2-9-18/h12-13H,1-11H2,(H,19,20)(H2,16,17,21). The summed E-state index contributed by atoms with van der Waals surface area (Å²) in [5.41, 5.74) is 0. The van der Waals surface area contributed by atoms with Crippen LogP contribution in [0.2, 0.25) is 0 Å². The molecule has 120 valence electrons. The molecule has 1 aliphatic heterocycles. The minimum Gasteiger partial charge on any atom is -0.481 e. The van der Waals surface area contributed by atoms with Gasteiger partial charge in [0.15, 0.2) is 0 Å². The molecule has 0 spiro atoms. The smallest absolute Gasteiger partial charge is 0.314 e. The van der Waals surface area contributed by atoms with E-state index in [-0.39, 0.29) is 11.9 Å². The van der Waals surface area contributed by atoms with E-state index in [1.807, 2.05) is 0 Å². The third-order valence-corrected chi connectivity index (χ3v) is 4.66. The fourth-order valence-corrected chi connectivity index (χ4v) is 3.25. The van der Waals surface area contributed by atoms with Crippen molar-refractivity contribution in [3.05, 3.63) is 0 Å². The normalized spacial score (nSPS) is 26.5. The van der Waals surface area contributed by atoms with Crippen LogP contribution in [0.5, 0.6) is 0 Å². The minimum atomic E-state index is -0.680. The molecule has 1 saturated carbocycles. The summed E-state index contributed by atoms with van der Waals surface area (Å²) in [7, 11) is 0. The molecule has 0 bridgehead atoms. The van der Waals surface area contributed by atoms with Gasteiger partial charge < -0.3 is 20.6 Å². The van der Waals surface area contributed by atoms with Crippen molar-refractivity contribution in [3.8, 4) is 0 Å². The molecule has 1 heterocycles. The van der Waals surface area contributed by atoms with Crippen LogP contribution in [0, 0.1) is 11.8 Å². The molecule has 2 rings (SSSR count). The maximum absolute atomic E-state index is 11.7. The molecule has 2 fully saturated rings. The lowest BCUT2D eigenvalue weighted by Crippen LogP contribution is -2.42. The Labute approximate surface area is 126 Å². The van der Waals surface area contributed by atoms with Crippen LogP contribution in [-0.2, 0) is 4.79 Å². The molecular weight excluding hydrogens is 270 g/mol. The Morgan fingerprint density at radius 3 is 2.33 bits per heavy atom. The molecule has 0 aromatic heterocycles. The zero-order valence-corrected chi connectivity index (χ0v) is 12.6. The van der Waals surface area contributed by atoms with E-state index in [1.165, 1.54) is 12.8 Å². The molecule has 2 aliphatic rings. The van der Waals surface area contributed by atoms with Crippen molar-refractivity contribution in [1.82, 2.24) is 15.5 Å². The monoisotopic (exact) mass is 297 g/mol. The van der Waals surface area contributed by atoms with Crippen LogP contribution in [0.15, 0.2) is 0 Å². The van der Waals surface area contributed by atoms with Crippen LogP contribution in [-0.4, -0.2) is 54.7 Å². The molecule has 0 unspecified atom stereocenters. The van der Waals surface area contributed by atoms with Gasteiger partial charge in [-0.15, -0.1) is 0 Å². The lowest BCUT2D eigenvalue weighted by atomic mass is 9.82. The first-order valence-electron chi connectivity index (χ1n) is 8.12. The van der Waals surface area contributed by atoms with Gasteiger partial charge in [0.1, 0.15) is 0 Å². The summed E-state index contributed by atoms with van der Waals surface area (Å²) in [6, 6.07) is -0.102. The van der Waals surface area contributed by atoms with Crippen LogP contribution in [0.25, 0.3) is 0 Å². The van der Waals surface area contributed by atoms with Gasteiger partial charge in [0.05, 0.1) is 5.92 Å². The number of nitrogens with one attached hydrogen (secondary N) is 2. The molecule has 0 radical (unpaired) electrons. The van der Waals surface area contributed by atoms with Gasteiger partial charge in [0, 0.05) is 19.6 Å². The van der Waals surface area contributed by atoms with Gasteiger partial charge in [-0.2, -0.15) is 0 Å². The predicted octanol–water partition coefficient (Wildman–Crippen LogP) is 1.27. The molecule has 0 aromatic carbocycles. The Balaban J connectivity index is 1.52. The highest BCUT2D eigenvalue weighted by Gasteiger charge is 2.25. The Bertz CT molecular complexity index is 348. The largest absolute Gasteiger partial charge is 0.481 e. The average molecular weight is 297 g/mol. The topological polar surface area (TPSA) is 81.7 Å². The molecule has 2 amide bonds. The van der Waals surface area contributed by atoms with Crippen molar-refractivity contribution in [2.75, 3.05) is 32.7 Å². The highest BCUT2D eigenvalue weighted by molar-refractivity contribution is 5.73. The number of rotatable bonds is 6. The molecular formula is C15H27N3O3. The zero-order valence-electron chi connectivity index (χ0n) is 12.6. The van der Waals surface area contributed by atoms with Gasteiger partial charge in [0.25, 0.3) is 0 Å². The second-order valence-electron chi connectivity index (χ2n) is 6.24. The molecule has 0 atom stereocenters. The van der Waals surface area contributed by atoms with E-state index in [9.17, 15) is 9.59 Å². The second kappa shape index (κ2) is 8.22. The number of amides is 2. The predicted molar refractivity (Wildman–Crippen MR) is 80.2 cm³/mol. The summed E-state index contributed by atoms with van der Waals surface area (Å²) in [5, 5.41) is 14.7. The Hall–Kier alpha value is -1.30. The van der Waals surface area contributed by atoms with Crippen molar-refractivity contribution < 1.29 is 14.7 Å². The first kappa shape index (κ1) is 16.1. The molecule has 1 aliphatic carbocycles. The van der Waals surface area contributed by atoms with Gasteiger partial charge in [0.2, 0.25) is 0 Å². The van der Waals surface area contributed by atoms with Gasteiger partial charge in [-0.05, 0) is 57.5 Å². The number of carbonyl (C=O) groups is 2. The summed E-state index contributed by atoms with van der Waals surface area (Å²) in [5.74, 6) is -0.443. The first-order chi connectivity index (χ1) is 10.1. The number of aliphatic carboxylic acids is 1. The molecule has 6 heteroatoms. The second-order valence-corrected chi connectivity index (χ2v) is 6.24. The number of hydrogen-bond donors (Lipinski definition) is 3. The summed E-state index contributed by atoms with van der Waals surface area (Å²) in [4.78, 5) is 24.9. The van der Waals surface area contributed by atoms with E-state index in [0.29, 0.717) is 19.0 Å². The molecule has 3 N–H and O–H groups in total. The first-order valence-corrected chi connectivity index (χ1v) is 8.12. The molecule has 21 heavy (non-hydrogen) atoms. The van der Waals surface area contributed by atoms with E-state index in [2.05, 4.69) is 15.5 Å². The number of nitrogens with zero attached hydrogens (tertiary/aromatic N) is 1. The Morgan fingerprint density at radius 2 is 1.71 bits per heavy atom. The van der Waals surface area contributed by atoms with Crippen molar-refractivity contribution in [1.29, 1.82) is 0 Å². The third-order valence-electron chi connectivity index (χ3n) is 4.66. The van der Waals surface area contributed by atoms with Crippen molar-refractivity contribution >= 4 is 12.0 Å². The van der Waals surface area contributed by atoms with E-state index in [1.54, 1.807) is 0 Å². The van der Waals surface area contributed by atoms with Gasteiger partial charge in [-0.1, -0.05) is 0 Å². The van der Waals surface area contributed by atoms with Gasteiger partial charge >= 0.3 is 12.0 Å². The number of carboxylic acids is 1. The average Bonchev–Trinajstić information content (AvgIpc) is 2.99. The quantitative estimate of drug-likeness (QED) is 0.689. The van der Waals surface area contributed by atoms with E-state index >= 15 is 0 Å². The maximum atomic E-state index is 11.7. The summed E-state index contributed by atoms with van der Waals surface area (Å²) in [6.07, 6.45) is 5.79. The Morgan fingerprint density at radius 1 is 1.05 bits per heavy atom. The van der Waals surface area contributed by atoms with Crippen LogP contribution in [0.3, 0.4) is 0 Å². The number of carbonyl (C=O) groups excluding carboxylic acids is 1.